The van der Waals surface area contributed by atoms with Crippen molar-refractivity contribution in [3.05, 3.63) is 77.3 Å². The summed E-state index contributed by atoms with van der Waals surface area (Å²) in [5, 5.41) is 5.51. The quantitative estimate of drug-likeness (QED) is 0.319. The zero-order chi connectivity index (χ0) is 22.1. The first-order valence-corrected chi connectivity index (χ1v) is 10.3. The Labute approximate surface area is 188 Å². The highest BCUT2D eigenvalue weighted by molar-refractivity contribution is 6.31. The van der Waals surface area contributed by atoms with E-state index in [1.807, 2.05) is 65.2 Å². The van der Waals surface area contributed by atoms with Crippen LogP contribution >= 0.6 is 11.6 Å². The standard InChI is InChI=1S/C24H18ClN5O2/c1-32-17-9-6-15(7-10-17)13-26-29-22(31)14-30-21-11-8-16(25)12-18(21)23-24(30)28-20-5-3-2-4-19(20)27-23/h2-13H,14H2,1H3,(H,29,31)/b26-13+. The predicted octanol–water partition coefficient (Wildman–Crippen LogP) is 4.55. The number of halogens is 1. The van der Waals surface area contributed by atoms with Gasteiger partial charge in [-0.3, -0.25) is 4.79 Å². The number of hydrogen-bond acceptors (Lipinski definition) is 5. The Bertz CT molecular complexity index is 1490. The molecule has 0 saturated carbocycles. The number of nitrogens with one attached hydrogen (secondary N) is 1. The molecule has 158 valence electrons. The van der Waals surface area contributed by atoms with Crippen molar-refractivity contribution in [3.8, 4) is 5.75 Å². The molecule has 0 bridgehead atoms. The summed E-state index contributed by atoms with van der Waals surface area (Å²) in [4.78, 5) is 22.2. The van der Waals surface area contributed by atoms with E-state index in [1.165, 1.54) is 0 Å². The Balaban J connectivity index is 1.47. The maximum absolute atomic E-state index is 12.7. The van der Waals surface area contributed by atoms with Crippen LogP contribution in [0.1, 0.15) is 5.56 Å². The number of benzene rings is 3. The van der Waals surface area contributed by atoms with Gasteiger partial charge < -0.3 is 9.30 Å². The van der Waals surface area contributed by atoms with E-state index >= 15 is 0 Å². The number of rotatable bonds is 5. The van der Waals surface area contributed by atoms with Crippen LogP contribution in [0.3, 0.4) is 0 Å². The lowest BCUT2D eigenvalue weighted by Crippen LogP contribution is -2.23. The molecule has 0 spiro atoms. The number of aromatic nitrogens is 3. The third kappa shape index (κ3) is 3.74. The van der Waals surface area contributed by atoms with Gasteiger partial charge in [0.25, 0.3) is 5.91 Å². The second-order valence-electron chi connectivity index (χ2n) is 7.20. The Hall–Kier alpha value is -3.97. The number of amides is 1. The van der Waals surface area contributed by atoms with Crippen LogP contribution in [0.4, 0.5) is 0 Å². The fourth-order valence-corrected chi connectivity index (χ4v) is 3.79. The number of fused-ring (bicyclic) bond motifs is 4. The summed E-state index contributed by atoms with van der Waals surface area (Å²) in [5.74, 6) is 0.477. The first-order chi connectivity index (χ1) is 15.6. The van der Waals surface area contributed by atoms with Gasteiger partial charge in [0, 0.05) is 10.4 Å². The number of carbonyl (C=O) groups is 1. The lowest BCUT2D eigenvalue weighted by atomic mass is 10.2. The predicted molar refractivity (Wildman–Crippen MR) is 126 cm³/mol. The third-order valence-corrected chi connectivity index (χ3v) is 5.37. The molecule has 1 N–H and O–H groups in total. The zero-order valence-electron chi connectivity index (χ0n) is 17.1. The second-order valence-corrected chi connectivity index (χ2v) is 7.63. The number of para-hydroxylation sites is 2. The molecular formula is C24H18ClN5O2. The van der Waals surface area contributed by atoms with Gasteiger partial charge >= 0.3 is 0 Å². The van der Waals surface area contributed by atoms with Crippen LogP contribution in [0.15, 0.2) is 71.8 Å². The van der Waals surface area contributed by atoms with Gasteiger partial charge in [-0.15, -0.1) is 0 Å². The highest BCUT2D eigenvalue weighted by Gasteiger charge is 2.17. The number of ether oxygens (including phenoxy) is 1. The van der Waals surface area contributed by atoms with Crippen LogP contribution in [0, 0.1) is 0 Å². The van der Waals surface area contributed by atoms with Crippen molar-refractivity contribution in [1.29, 1.82) is 0 Å². The summed E-state index contributed by atoms with van der Waals surface area (Å²) < 4.78 is 6.97. The summed E-state index contributed by atoms with van der Waals surface area (Å²) in [7, 11) is 1.61. The van der Waals surface area contributed by atoms with Crippen molar-refractivity contribution in [2.75, 3.05) is 7.11 Å². The molecule has 8 heteroatoms. The molecule has 2 heterocycles. The Morgan fingerprint density at radius 2 is 1.84 bits per heavy atom. The van der Waals surface area contributed by atoms with E-state index in [9.17, 15) is 4.79 Å². The summed E-state index contributed by atoms with van der Waals surface area (Å²) in [6, 6.07) is 20.5. The van der Waals surface area contributed by atoms with Gasteiger partial charge in [0.2, 0.25) is 0 Å². The van der Waals surface area contributed by atoms with Gasteiger partial charge in [-0.25, -0.2) is 15.4 Å². The van der Waals surface area contributed by atoms with E-state index in [0.717, 1.165) is 33.2 Å². The molecule has 0 atom stereocenters. The molecule has 0 aliphatic carbocycles. The van der Waals surface area contributed by atoms with Crippen LogP contribution < -0.4 is 10.2 Å². The molecular weight excluding hydrogens is 426 g/mol. The normalized spacial score (nSPS) is 11.6. The number of hydrogen-bond donors (Lipinski definition) is 1. The molecule has 0 radical (unpaired) electrons. The molecule has 3 aromatic carbocycles. The maximum Gasteiger partial charge on any atom is 0.260 e. The molecule has 7 nitrogen and oxygen atoms in total. The van der Waals surface area contributed by atoms with Crippen molar-refractivity contribution in [2.24, 2.45) is 5.10 Å². The summed E-state index contributed by atoms with van der Waals surface area (Å²) in [6.45, 7) is 0.0363. The van der Waals surface area contributed by atoms with Crippen LogP contribution in [-0.2, 0) is 11.3 Å². The topological polar surface area (TPSA) is 81.4 Å². The molecule has 0 aliphatic rings. The van der Waals surface area contributed by atoms with E-state index < -0.39 is 0 Å². The Kier molecular flexibility index (Phi) is 5.17. The summed E-state index contributed by atoms with van der Waals surface area (Å²) in [5.41, 5.74) is 7.12. The van der Waals surface area contributed by atoms with E-state index in [1.54, 1.807) is 19.4 Å². The van der Waals surface area contributed by atoms with Gasteiger partial charge in [0.05, 0.1) is 29.9 Å². The van der Waals surface area contributed by atoms with E-state index in [4.69, 9.17) is 26.3 Å². The van der Waals surface area contributed by atoms with Gasteiger partial charge in [-0.05, 0) is 60.2 Å². The molecule has 0 aliphatic heterocycles. The van der Waals surface area contributed by atoms with Gasteiger partial charge in [0.15, 0.2) is 5.65 Å². The van der Waals surface area contributed by atoms with Gasteiger partial charge in [-0.2, -0.15) is 5.10 Å². The van der Waals surface area contributed by atoms with E-state index in [-0.39, 0.29) is 12.5 Å². The molecule has 32 heavy (non-hydrogen) atoms. The Morgan fingerprint density at radius 1 is 1.09 bits per heavy atom. The van der Waals surface area contributed by atoms with Crippen molar-refractivity contribution < 1.29 is 9.53 Å². The van der Waals surface area contributed by atoms with E-state index in [2.05, 4.69) is 10.5 Å². The minimum absolute atomic E-state index is 0.0363. The average Bonchev–Trinajstić information content (AvgIpc) is 3.09. The molecule has 5 aromatic rings. The fourth-order valence-electron chi connectivity index (χ4n) is 3.61. The minimum atomic E-state index is -0.279. The average molecular weight is 444 g/mol. The summed E-state index contributed by atoms with van der Waals surface area (Å²) >= 11 is 6.23. The van der Waals surface area contributed by atoms with Crippen molar-refractivity contribution in [1.82, 2.24) is 20.0 Å². The molecule has 1 amide bonds. The number of nitrogens with zero attached hydrogens (tertiary/aromatic N) is 4. The molecule has 5 rings (SSSR count). The second kappa shape index (κ2) is 8.28. The number of carbonyl (C=O) groups excluding carboxylic acids is 1. The van der Waals surface area contributed by atoms with Gasteiger partial charge in [0.1, 0.15) is 17.8 Å². The smallest absolute Gasteiger partial charge is 0.260 e. The Morgan fingerprint density at radius 3 is 2.59 bits per heavy atom. The highest BCUT2D eigenvalue weighted by atomic mass is 35.5. The molecule has 0 fully saturated rings. The maximum atomic E-state index is 12.7. The zero-order valence-corrected chi connectivity index (χ0v) is 17.9. The van der Waals surface area contributed by atoms with Crippen LogP contribution in [-0.4, -0.2) is 33.8 Å². The van der Waals surface area contributed by atoms with Crippen molar-refractivity contribution >= 4 is 56.8 Å². The van der Waals surface area contributed by atoms with E-state index in [0.29, 0.717) is 16.2 Å². The first kappa shape index (κ1) is 20.0. The monoisotopic (exact) mass is 443 g/mol. The summed E-state index contributed by atoms with van der Waals surface area (Å²) in [6.07, 6.45) is 1.58. The largest absolute Gasteiger partial charge is 0.497 e. The minimum Gasteiger partial charge on any atom is -0.497 e. The highest BCUT2D eigenvalue weighted by Crippen LogP contribution is 2.30. The van der Waals surface area contributed by atoms with Crippen LogP contribution in [0.2, 0.25) is 5.02 Å². The number of hydrazone groups is 1. The first-order valence-electron chi connectivity index (χ1n) is 9.92. The molecule has 0 saturated heterocycles. The number of methoxy groups -OCH3 is 1. The van der Waals surface area contributed by atoms with Gasteiger partial charge in [-0.1, -0.05) is 23.7 Å². The lowest BCUT2D eigenvalue weighted by Gasteiger charge is -2.06. The molecule has 0 unspecified atom stereocenters. The van der Waals surface area contributed by atoms with Crippen LogP contribution in [0.5, 0.6) is 5.75 Å². The lowest BCUT2D eigenvalue weighted by molar-refractivity contribution is -0.121. The SMILES string of the molecule is COc1ccc(/C=N/NC(=O)Cn2c3ccc(Cl)cc3c3nc4ccccc4nc32)cc1. The van der Waals surface area contributed by atoms with Crippen molar-refractivity contribution in [3.63, 3.8) is 0 Å². The molecule has 2 aromatic heterocycles. The van der Waals surface area contributed by atoms with Crippen molar-refractivity contribution in [2.45, 2.75) is 6.54 Å². The third-order valence-electron chi connectivity index (χ3n) is 5.13. The van der Waals surface area contributed by atoms with Crippen LogP contribution in [0.25, 0.3) is 33.1 Å². The fraction of sp³-hybridized carbons (Fsp3) is 0.0833.